The van der Waals surface area contributed by atoms with Crippen molar-refractivity contribution in [1.29, 1.82) is 0 Å². The average Bonchev–Trinajstić information content (AvgIpc) is 2.64. The summed E-state index contributed by atoms with van der Waals surface area (Å²) in [4.78, 5) is 4.55. The third kappa shape index (κ3) is 1.02. The zero-order valence-corrected chi connectivity index (χ0v) is 7.49. The summed E-state index contributed by atoms with van der Waals surface area (Å²) < 4.78 is 7.58. The van der Waals surface area contributed by atoms with Gasteiger partial charge in [0.15, 0.2) is 0 Å². The van der Waals surface area contributed by atoms with Gasteiger partial charge in [-0.2, -0.15) is 0 Å². The summed E-state index contributed by atoms with van der Waals surface area (Å²) in [5.74, 6) is 1.20. The lowest BCUT2D eigenvalue weighted by molar-refractivity contribution is 0.127. The Kier molecular flexibility index (Phi) is 1.48. The minimum Gasteiger partial charge on any atom is -0.369 e. The Morgan fingerprint density at radius 1 is 1.46 bits per heavy atom. The topological polar surface area (TPSA) is 53.1 Å². The summed E-state index contributed by atoms with van der Waals surface area (Å²) in [7, 11) is 0. The van der Waals surface area contributed by atoms with Crippen molar-refractivity contribution in [2.75, 3.05) is 0 Å². The number of aromatic nitrogens is 2. The molecule has 4 heteroatoms. The molecule has 1 aromatic heterocycles. The molecule has 13 heavy (non-hydrogen) atoms. The van der Waals surface area contributed by atoms with Crippen LogP contribution in [-0.2, 0) is 30.9 Å². The maximum atomic E-state index is 5.91. The van der Waals surface area contributed by atoms with Crippen LogP contribution in [0.1, 0.15) is 23.6 Å². The molecule has 1 unspecified atom stereocenters. The molecule has 0 bridgehead atoms. The second kappa shape index (κ2) is 2.56. The van der Waals surface area contributed by atoms with Gasteiger partial charge in [-0.25, -0.2) is 4.98 Å². The zero-order valence-electron chi connectivity index (χ0n) is 7.49. The highest BCUT2D eigenvalue weighted by atomic mass is 16.5. The molecule has 0 fully saturated rings. The van der Waals surface area contributed by atoms with E-state index in [0.29, 0.717) is 12.6 Å². The lowest BCUT2D eigenvalue weighted by Crippen LogP contribution is -2.32. The summed E-state index contributed by atoms with van der Waals surface area (Å²) in [6.07, 6.45) is 2.09. The Labute approximate surface area is 76.7 Å². The maximum Gasteiger partial charge on any atom is 0.109 e. The molecule has 0 aliphatic carbocycles. The van der Waals surface area contributed by atoms with Crippen LogP contribution in [-0.4, -0.2) is 15.6 Å². The van der Waals surface area contributed by atoms with E-state index < -0.39 is 0 Å². The minimum atomic E-state index is 0.298. The van der Waals surface area contributed by atoms with Gasteiger partial charge in [-0.1, -0.05) is 0 Å². The number of hydrogen-bond donors (Lipinski definition) is 1. The SMILES string of the molecule is NC1CCc2nc3c(n2C1)COC3. The van der Waals surface area contributed by atoms with Gasteiger partial charge in [-0.05, 0) is 6.42 Å². The van der Waals surface area contributed by atoms with Crippen molar-refractivity contribution in [2.24, 2.45) is 5.73 Å². The zero-order chi connectivity index (χ0) is 8.84. The first kappa shape index (κ1) is 7.53. The molecule has 0 spiro atoms. The molecular weight excluding hydrogens is 166 g/mol. The fraction of sp³-hybridized carbons (Fsp3) is 0.667. The van der Waals surface area contributed by atoms with Gasteiger partial charge < -0.3 is 15.0 Å². The summed E-state index contributed by atoms with van der Waals surface area (Å²) in [6.45, 7) is 2.32. The summed E-state index contributed by atoms with van der Waals surface area (Å²) in [5, 5.41) is 0. The summed E-state index contributed by atoms with van der Waals surface area (Å²) in [6, 6.07) is 0.298. The van der Waals surface area contributed by atoms with Gasteiger partial charge >= 0.3 is 0 Å². The second-order valence-electron chi connectivity index (χ2n) is 3.82. The average molecular weight is 179 g/mol. The van der Waals surface area contributed by atoms with Crippen molar-refractivity contribution >= 4 is 0 Å². The molecule has 0 saturated heterocycles. The maximum absolute atomic E-state index is 5.91. The monoisotopic (exact) mass is 179 g/mol. The van der Waals surface area contributed by atoms with E-state index in [1.807, 2.05) is 0 Å². The van der Waals surface area contributed by atoms with E-state index in [1.54, 1.807) is 0 Å². The van der Waals surface area contributed by atoms with Gasteiger partial charge in [0, 0.05) is 19.0 Å². The van der Waals surface area contributed by atoms with Crippen molar-refractivity contribution in [3.63, 3.8) is 0 Å². The van der Waals surface area contributed by atoms with Crippen LogP contribution >= 0.6 is 0 Å². The van der Waals surface area contributed by atoms with Gasteiger partial charge in [0.25, 0.3) is 0 Å². The lowest BCUT2D eigenvalue weighted by Gasteiger charge is -2.21. The van der Waals surface area contributed by atoms with Gasteiger partial charge in [-0.15, -0.1) is 0 Å². The van der Waals surface area contributed by atoms with E-state index in [9.17, 15) is 0 Å². The number of hydrogen-bond acceptors (Lipinski definition) is 3. The van der Waals surface area contributed by atoms with E-state index in [1.165, 1.54) is 11.5 Å². The van der Waals surface area contributed by atoms with E-state index in [4.69, 9.17) is 10.5 Å². The van der Waals surface area contributed by atoms with Crippen LogP contribution in [0.25, 0.3) is 0 Å². The Bertz CT molecular complexity index is 345. The van der Waals surface area contributed by atoms with Crippen molar-refractivity contribution in [2.45, 2.75) is 38.6 Å². The lowest BCUT2D eigenvalue weighted by atomic mass is 10.1. The van der Waals surface area contributed by atoms with Crippen LogP contribution in [0.3, 0.4) is 0 Å². The van der Waals surface area contributed by atoms with Gasteiger partial charge in [0.2, 0.25) is 0 Å². The van der Waals surface area contributed by atoms with Crippen molar-refractivity contribution in [1.82, 2.24) is 9.55 Å². The van der Waals surface area contributed by atoms with Gasteiger partial charge in [-0.3, -0.25) is 0 Å². The number of nitrogens with two attached hydrogens (primary N) is 1. The van der Waals surface area contributed by atoms with E-state index in [2.05, 4.69) is 9.55 Å². The van der Waals surface area contributed by atoms with E-state index in [0.717, 1.165) is 31.7 Å². The van der Waals surface area contributed by atoms with Crippen LogP contribution in [0.2, 0.25) is 0 Å². The number of nitrogens with zero attached hydrogens (tertiary/aromatic N) is 2. The van der Waals surface area contributed by atoms with Gasteiger partial charge in [0.1, 0.15) is 5.82 Å². The second-order valence-corrected chi connectivity index (χ2v) is 3.82. The Morgan fingerprint density at radius 3 is 3.31 bits per heavy atom. The van der Waals surface area contributed by atoms with Crippen molar-refractivity contribution < 1.29 is 4.74 Å². The quantitative estimate of drug-likeness (QED) is 0.618. The van der Waals surface area contributed by atoms with E-state index >= 15 is 0 Å². The third-order valence-electron chi connectivity index (χ3n) is 2.87. The normalized spacial score (nSPS) is 25.8. The highest BCUT2D eigenvalue weighted by Gasteiger charge is 2.25. The molecule has 0 saturated carbocycles. The highest BCUT2D eigenvalue weighted by Crippen LogP contribution is 2.24. The van der Waals surface area contributed by atoms with Crippen molar-refractivity contribution in [3.05, 3.63) is 17.2 Å². The molecule has 0 aromatic carbocycles. The number of ether oxygens (including phenoxy) is 1. The molecule has 4 nitrogen and oxygen atoms in total. The Morgan fingerprint density at radius 2 is 2.38 bits per heavy atom. The van der Waals surface area contributed by atoms with Crippen LogP contribution < -0.4 is 5.73 Å². The molecule has 3 heterocycles. The molecular formula is C9H13N3O. The number of imidazole rings is 1. The van der Waals surface area contributed by atoms with Crippen molar-refractivity contribution in [3.8, 4) is 0 Å². The standard InChI is InChI=1S/C9H13N3O/c10-6-1-2-9-11-7-4-13-5-8(7)12(9)3-6/h6H,1-5,10H2. The molecule has 0 amide bonds. The van der Waals surface area contributed by atoms with Crippen LogP contribution in [0, 0.1) is 0 Å². The fourth-order valence-corrected chi connectivity index (χ4v) is 2.16. The summed E-state index contributed by atoms with van der Waals surface area (Å²) in [5.41, 5.74) is 8.30. The Balaban J connectivity index is 2.08. The third-order valence-corrected chi connectivity index (χ3v) is 2.87. The van der Waals surface area contributed by atoms with Gasteiger partial charge in [0.05, 0.1) is 24.6 Å². The molecule has 70 valence electrons. The van der Waals surface area contributed by atoms with Crippen LogP contribution in [0.15, 0.2) is 0 Å². The predicted molar refractivity (Wildman–Crippen MR) is 47.0 cm³/mol. The molecule has 3 rings (SSSR count). The molecule has 2 aliphatic heterocycles. The first-order chi connectivity index (χ1) is 6.34. The largest absolute Gasteiger partial charge is 0.369 e. The number of fused-ring (bicyclic) bond motifs is 3. The summed E-state index contributed by atoms with van der Waals surface area (Å²) >= 11 is 0. The molecule has 2 N–H and O–H groups in total. The predicted octanol–water partition coefficient (Wildman–Crippen LogP) is 0.187. The van der Waals surface area contributed by atoms with Crippen LogP contribution in [0.4, 0.5) is 0 Å². The first-order valence-corrected chi connectivity index (χ1v) is 4.75. The molecule has 0 radical (unpaired) electrons. The highest BCUT2D eigenvalue weighted by molar-refractivity contribution is 5.20. The Hall–Kier alpha value is -0.870. The minimum absolute atomic E-state index is 0.298. The van der Waals surface area contributed by atoms with E-state index in [-0.39, 0.29) is 0 Å². The molecule has 1 aromatic rings. The van der Waals surface area contributed by atoms with Crippen LogP contribution in [0.5, 0.6) is 0 Å². The smallest absolute Gasteiger partial charge is 0.109 e. The number of aryl methyl sites for hydroxylation is 1. The fourth-order valence-electron chi connectivity index (χ4n) is 2.16. The number of rotatable bonds is 0. The first-order valence-electron chi connectivity index (χ1n) is 4.75. The molecule has 2 aliphatic rings. The molecule has 1 atom stereocenters.